The highest BCUT2D eigenvalue weighted by Gasteiger charge is 2.41. The maximum atomic E-state index is 12.9. The first-order valence-corrected chi connectivity index (χ1v) is 8.18. The molecule has 1 fully saturated rings. The van der Waals surface area contributed by atoms with Gasteiger partial charge in [-0.15, -0.1) is 5.10 Å². The second-order valence-corrected chi connectivity index (χ2v) is 6.49. The molecule has 2 aromatic rings. The lowest BCUT2D eigenvalue weighted by Crippen LogP contribution is -2.42. The van der Waals surface area contributed by atoms with Crippen LogP contribution in [-0.2, 0) is 6.67 Å². The minimum atomic E-state index is -4.16. The van der Waals surface area contributed by atoms with Crippen molar-refractivity contribution in [1.29, 1.82) is 0 Å². The number of rotatable bonds is 3. The van der Waals surface area contributed by atoms with E-state index in [2.05, 4.69) is 5.10 Å². The van der Waals surface area contributed by atoms with E-state index in [-0.39, 0.29) is 24.5 Å². The highest BCUT2D eigenvalue weighted by Crippen LogP contribution is 2.33. The highest BCUT2D eigenvalue weighted by molar-refractivity contribution is 7.71. The molecule has 130 valence electrons. The van der Waals surface area contributed by atoms with E-state index in [1.807, 2.05) is 31.2 Å². The van der Waals surface area contributed by atoms with Crippen LogP contribution < -0.4 is 0 Å². The third kappa shape index (κ3) is 3.87. The summed E-state index contributed by atoms with van der Waals surface area (Å²) in [6, 6.07) is 7.62. The molecule has 0 radical (unpaired) electrons. The summed E-state index contributed by atoms with van der Waals surface area (Å²) in [6.07, 6.45) is -3.46. The average molecular weight is 357 g/mol. The van der Waals surface area contributed by atoms with Crippen molar-refractivity contribution in [2.24, 2.45) is 5.92 Å². The quantitative estimate of drug-likeness (QED) is 0.762. The summed E-state index contributed by atoms with van der Waals surface area (Å²) in [5.41, 5.74) is 1.90. The molecule has 1 aliphatic rings. The molecule has 1 aromatic carbocycles. The van der Waals surface area contributed by atoms with Gasteiger partial charge in [-0.1, -0.05) is 17.7 Å². The molecule has 1 saturated heterocycles. The van der Waals surface area contributed by atoms with Crippen LogP contribution in [0, 0.1) is 17.7 Å². The fraction of sp³-hybridized carbons (Fsp3) is 0.500. The van der Waals surface area contributed by atoms with Gasteiger partial charge >= 0.3 is 6.18 Å². The van der Waals surface area contributed by atoms with Gasteiger partial charge in [-0.2, -0.15) is 13.2 Å². The Morgan fingerprint density at radius 3 is 2.67 bits per heavy atom. The molecule has 3 rings (SSSR count). The Labute approximate surface area is 142 Å². The summed E-state index contributed by atoms with van der Waals surface area (Å²) < 4.78 is 45.6. The van der Waals surface area contributed by atoms with Crippen LogP contribution >= 0.6 is 12.2 Å². The van der Waals surface area contributed by atoms with Gasteiger partial charge in [0.2, 0.25) is 5.89 Å². The predicted octanol–water partition coefficient (Wildman–Crippen LogP) is 4.41. The Balaban J connectivity index is 1.74. The van der Waals surface area contributed by atoms with Gasteiger partial charge < -0.3 is 4.42 Å². The van der Waals surface area contributed by atoms with Crippen LogP contribution in [0.2, 0.25) is 0 Å². The minimum absolute atomic E-state index is 0.0298. The van der Waals surface area contributed by atoms with Crippen molar-refractivity contribution < 1.29 is 17.6 Å². The summed E-state index contributed by atoms with van der Waals surface area (Å²) in [4.78, 5) is 1.89. The number of nitrogens with zero attached hydrogens (tertiary/aromatic N) is 3. The summed E-state index contributed by atoms with van der Waals surface area (Å²) in [7, 11) is 0. The van der Waals surface area contributed by atoms with Gasteiger partial charge in [-0.25, -0.2) is 4.68 Å². The van der Waals surface area contributed by atoms with Gasteiger partial charge in [0.25, 0.3) is 4.84 Å². The van der Waals surface area contributed by atoms with Crippen molar-refractivity contribution in [1.82, 2.24) is 14.7 Å². The number of halogens is 3. The molecule has 8 heteroatoms. The van der Waals surface area contributed by atoms with E-state index >= 15 is 0 Å². The second-order valence-electron chi connectivity index (χ2n) is 6.14. The van der Waals surface area contributed by atoms with Crippen LogP contribution in [0.25, 0.3) is 11.5 Å². The van der Waals surface area contributed by atoms with E-state index in [0.29, 0.717) is 18.9 Å². The third-order valence-corrected chi connectivity index (χ3v) is 4.50. The van der Waals surface area contributed by atoms with Gasteiger partial charge in [-0.3, -0.25) is 4.90 Å². The minimum Gasteiger partial charge on any atom is -0.409 e. The molecule has 1 atom stereocenters. The van der Waals surface area contributed by atoms with Crippen LogP contribution in [0.1, 0.15) is 18.4 Å². The number of benzene rings is 1. The largest absolute Gasteiger partial charge is 0.409 e. The predicted molar refractivity (Wildman–Crippen MR) is 85.9 cm³/mol. The molecule has 0 aliphatic carbocycles. The smallest absolute Gasteiger partial charge is 0.393 e. The van der Waals surface area contributed by atoms with Crippen LogP contribution in [0.5, 0.6) is 0 Å². The van der Waals surface area contributed by atoms with Gasteiger partial charge in [-0.05, 0) is 50.7 Å². The van der Waals surface area contributed by atoms with Crippen molar-refractivity contribution in [2.75, 3.05) is 13.1 Å². The second kappa shape index (κ2) is 6.68. The lowest BCUT2D eigenvalue weighted by atomic mass is 9.98. The molecule has 0 N–H and O–H groups in total. The monoisotopic (exact) mass is 357 g/mol. The lowest BCUT2D eigenvalue weighted by molar-refractivity contribution is -0.188. The maximum Gasteiger partial charge on any atom is 0.393 e. The molecule has 0 amide bonds. The van der Waals surface area contributed by atoms with Crippen LogP contribution in [0.3, 0.4) is 0 Å². The number of aromatic nitrogens is 2. The fourth-order valence-electron chi connectivity index (χ4n) is 2.85. The lowest BCUT2D eigenvalue weighted by Gasteiger charge is -2.33. The van der Waals surface area contributed by atoms with Gasteiger partial charge in [0, 0.05) is 12.1 Å². The Morgan fingerprint density at radius 2 is 2.00 bits per heavy atom. The topological polar surface area (TPSA) is 34.2 Å². The number of likely N-dealkylation sites (tertiary alicyclic amines) is 1. The Morgan fingerprint density at radius 1 is 1.29 bits per heavy atom. The van der Waals surface area contributed by atoms with E-state index < -0.39 is 12.1 Å². The van der Waals surface area contributed by atoms with Crippen molar-refractivity contribution in [3.05, 3.63) is 34.7 Å². The zero-order valence-electron chi connectivity index (χ0n) is 13.2. The standard InChI is InChI=1S/C16H18F3N3OS/c1-11-4-6-12(7-5-11)14-20-22(15(24)23-14)10-21-8-2-3-13(9-21)16(17,18)19/h4-7,13H,2-3,8-10H2,1H3. The summed E-state index contributed by atoms with van der Waals surface area (Å²) in [5, 5.41) is 4.31. The first-order valence-electron chi connectivity index (χ1n) is 7.77. The van der Waals surface area contributed by atoms with Gasteiger partial charge in [0.1, 0.15) is 0 Å². The molecular weight excluding hydrogens is 339 g/mol. The number of alkyl halides is 3. The Bertz CT molecular complexity index is 751. The molecule has 4 nitrogen and oxygen atoms in total. The summed E-state index contributed by atoms with van der Waals surface area (Å²) >= 11 is 5.15. The average Bonchev–Trinajstić information content (AvgIpc) is 2.88. The van der Waals surface area contributed by atoms with Crippen molar-refractivity contribution in [2.45, 2.75) is 32.6 Å². The first-order chi connectivity index (χ1) is 11.3. The van der Waals surface area contributed by atoms with Crippen LogP contribution in [-0.4, -0.2) is 33.9 Å². The Hall–Kier alpha value is -1.67. The number of hydrogen-bond acceptors (Lipinski definition) is 4. The SMILES string of the molecule is Cc1ccc(-c2nn(CN3CCCC(C(F)(F)F)C3)c(=S)o2)cc1. The molecule has 1 unspecified atom stereocenters. The maximum absolute atomic E-state index is 12.9. The highest BCUT2D eigenvalue weighted by atomic mass is 32.1. The number of hydrogen-bond donors (Lipinski definition) is 0. The van der Waals surface area contributed by atoms with Gasteiger partial charge in [0.05, 0.1) is 12.6 Å². The van der Waals surface area contributed by atoms with Crippen LogP contribution in [0.4, 0.5) is 13.2 Å². The molecule has 1 aromatic heterocycles. The molecule has 0 saturated carbocycles. The van der Waals surface area contributed by atoms with Crippen molar-refractivity contribution in [3.63, 3.8) is 0 Å². The van der Waals surface area contributed by atoms with Crippen molar-refractivity contribution in [3.8, 4) is 11.5 Å². The molecule has 0 spiro atoms. The molecular formula is C16H18F3N3OS. The van der Waals surface area contributed by atoms with E-state index in [0.717, 1.165) is 11.1 Å². The summed E-state index contributed by atoms with van der Waals surface area (Å²) in [6.45, 7) is 2.76. The van der Waals surface area contributed by atoms with E-state index in [4.69, 9.17) is 16.6 Å². The molecule has 0 bridgehead atoms. The number of aryl methyl sites for hydroxylation is 1. The third-order valence-electron chi connectivity index (χ3n) is 4.21. The van der Waals surface area contributed by atoms with E-state index in [1.165, 1.54) is 4.68 Å². The molecule has 1 aliphatic heterocycles. The van der Waals surface area contributed by atoms with Crippen molar-refractivity contribution >= 4 is 12.2 Å². The summed E-state index contributed by atoms with van der Waals surface area (Å²) in [5.74, 6) is -0.909. The zero-order valence-corrected chi connectivity index (χ0v) is 14.0. The zero-order chi connectivity index (χ0) is 17.3. The molecule has 2 heterocycles. The van der Waals surface area contributed by atoms with E-state index in [1.54, 1.807) is 4.90 Å². The van der Waals surface area contributed by atoms with Crippen LogP contribution in [0.15, 0.2) is 28.7 Å². The number of piperidine rings is 1. The van der Waals surface area contributed by atoms with E-state index in [9.17, 15) is 13.2 Å². The normalized spacial score (nSPS) is 19.6. The van der Waals surface area contributed by atoms with Gasteiger partial charge in [0.15, 0.2) is 0 Å². The first kappa shape index (κ1) is 17.2. The fourth-order valence-corrected chi connectivity index (χ4v) is 3.03. The Kier molecular flexibility index (Phi) is 4.78. The molecule has 24 heavy (non-hydrogen) atoms.